The number of piperidine rings is 1. The number of nitrogens with two attached hydrogens (primary N) is 1. The molecule has 2 aromatic rings. The molecule has 1 saturated heterocycles. The highest BCUT2D eigenvalue weighted by Gasteiger charge is 2.18. The minimum atomic E-state index is 0.275. The molecular weight excluding hydrogens is 322 g/mol. The lowest BCUT2D eigenvalue weighted by Gasteiger charge is -2.30. The average Bonchev–Trinajstić information content (AvgIpc) is 2.69. The first kappa shape index (κ1) is 18.1. The van der Waals surface area contributed by atoms with Crippen LogP contribution in [0.3, 0.4) is 0 Å². The molecule has 1 aliphatic rings. The molecule has 0 atom stereocenters. The van der Waals surface area contributed by atoms with E-state index in [4.69, 9.17) is 5.73 Å². The second kappa shape index (κ2) is 9.73. The molecule has 5 heteroatoms. The van der Waals surface area contributed by atoms with E-state index in [0.717, 1.165) is 44.6 Å². The maximum atomic E-state index is 5.94. The van der Waals surface area contributed by atoms with Gasteiger partial charge in [0.15, 0.2) is 0 Å². The SMILES string of the molecule is NC(N=CNc1ccccc1)=NC1CCN(CCc2ccccc2)CC1. The Bertz CT molecular complexity index is 704. The molecule has 1 aliphatic heterocycles. The highest BCUT2D eigenvalue weighted by Crippen LogP contribution is 2.14. The Kier molecular flexibility index (Phi) is 6.79. The van der Waals surface area contributed by atoms with Crippen LogP contribution in [0.25, 0.3) is 0 Å². The Morgan fingerprint density at radius 2 is 1.69 bits per heavy atom. The third-order valence-corrected chi connectivity index (χ3v) is 4.63. The number of benzene rings is 2. The summed E-state index contributed by atoms with van der Waals surface area (Å²) < 4.78 is 0. The lowest BCUT2D eigenvalue weighted by atomic mass is 10.0. The molecule has 1 heterocycles. The molecule has 0 saturated carbocycles. The van der Waals surface area contributed by atoms with E-state index in [1.165, 1.54) is 5.56 Å². The molecule has 26 heavy (non-hydrogen) atoms. The Morgan fingerprint density at radius 1 is 1.04 bits per heavy atom. The molecule has 0 amide bonds. The minimum Gasteiger partial charge on any atom is -0.368 e. The summed E-state index contributed by atoms with van der Waals surface area (Å²) in [6, 6.07) is 20.8. The van der Waals surface area contributed by atoms with Gasteiger partial charge in [-0.05, 0) is 37.0 Å². The number of guanidine groups is 1. The smallest absolute Gasteiger partial charge is 0.216 e. The summed E-state index contributed by atoms with van der Waals surface area (Å²) in [6.07, 6.45) is 4.78. The van der Waals surface area contributed by atoms with Gasteiger partial charge in [0.2, 0.25) is 5.96 Å². The largest absolute Gasteiger partial charge is 0.368 e. The van der Waals surface area contributed by atoms with Crippen molar-refractivity contribution in [1.29, 1.82) is 0 Å². The first-order valence-corrected chi connectivity index (χ1v) is 9.23. The second-order valence-corrected chi connectivity index (χ2v) is 6.56. The summed E-state index contributed by atoms with van der Waals surface area (Å²) in [6.45, 7) is 3.25. The van der Waals surface area contributed by atoms with Crippen molar-refractivity contribution >= 4 is 18.0 Å². The number of nitrogens with zero attached hydrogens (tertiary/aromatic N) is 3. The van der Waals surface area contributed by atoms with E-state index in [2.05, 4.69) is 50.5 Å². The summed E-state index contributed by atoms with van der Waals surface area (Å²) >= 11 is 0. The van der Waals surface area contributed by atoms with Gasteiger partial charge < -0.3 is 16.0 Å². The van der Waals surface area contributed by atoms with Crippen LogP contribution in [0.1, 0.15) is 18.4 Å². The van der Waals surface area contributed by atoms with Crippen LogP contribution in [-0.2, 0) is 6.42 Å². The van der Waals surface area contributed by atoms with Gasteiger partial charge in [-0.15, -0.1) is 0 Å². The van der Waals surface area contributed by atoms with E-state index < -0.39 is 0 Å². The molecule has 1 fully saturated rings. The Labute approximate surface area is 155 Å². The third-order valence-electron chi connectivity index (χ3n) is 4.63. The van der Waals surface area contributed by atoms with Gasteiger partial charge in [-0.1, -0.05) is 48.5 Å². The van der Waals surface area contributed by atoms with E-state index in [-0.39, 0.29) is 6.04 Å². The van der Waals surface area contributed by atoms with Crippen molar-refractivity contribution in [3.05, 3.63) is 66.2 Å². The van der Waals surface area contributed by atoms with Crippen LogP contribution in [-0.4, -0.2) is 42.9 Å². The first-order chi connectivity index (χ1) is 12.8. The van der Waals surface area contributed by atoms with Gasteiger partial charge in [0, 0.05) is 25.3 Å². The maximum absolute atomic E-state index is 5.94. The summed E-state index contributed by atoms with van der Waals surface area (Å²) in [5, 5.41) is 3.09. The van der Waals surface area contributed by atoms with Crippen molar-refractivity contribution in [1.82, 2.24) is 4.90 Å². The van der Waals surface area contributed by atoms with E-state index in [1.54, 1.807) is 6.34 Å². The summed E-state index contributed by atoms with van der Waals surface area (Å²) in [5.74, 6) is 0.344. The van der Waals surface area contributed by atoms with Gasteiger partial charge in [-0.3, -0.25) is 0 Å². The van der Waals surface area contributed by atoms with Gasteiger partial charge in [-0.2, -0.15) is 0 Å². The average molecular weight is 349 g/mol. The lowest BCUT2D eigenvalue weighted by molar-refractivity contribution is 0.216. The standard InChI is InChI=1S/C21H27N5/c22-21(24-17-23-19-9-5-2-6-10-19)25-20-12-15-26(16-13-20)14-11-18-7-3-1-4-8-18/h1-10,17,20H,11-16H2,(H3,22,23,24,25). The van der Waals surface area contributed by atoms with Crippen molar-refractivity contribution in [3.8, 4) is 0 Å². The van der Waals surface area contributed by atoms with Gasteiger partial charge in [0.1, 0.15) is 0 Å². The van der Waals surface area contributed by atoms with Crippen LogP contribution in [0.2, 0.25) is 0 Å². The molecule has 5 nitrogen and oxygen atoms in total. The Hall–Kier alpha value is -2.66. The van der Waals surface area contributed by atoms with E-state index in [1.807, 2.05) is 30.3 Å². The number of likely N-dealkylation sites (tertiary alicyclic amines) is 1. The molecule has 3 rings (SSSR count). The van der Waals surface area contributed by atoms with Crippen LogP contribution < -0.4 is 11.1 Å². The highest BCUT2D eigenvalue weighted by molar-refractivity contribution is 5.90. The summed E-state index contributed by atoms with van der Waals surface area (Å²) in [7, 11) is 0. The predicted molar refractivity (Wildman–Crippen MR) is 110 cm³/mol. The van der Waals surface area contributed by atoms with Crippen LogP contribution in [0, 0.1) is 0 Å². The zero-order chi connectivity index (χ0) is 18.0. The summed E-state index contributed by atoms with van der Waals surface area (Å²) in [5.41, 5.74) is 8.32. The van der Waals surface area contributed by atoms with E-state index in [9.17, 15) is 0 Å². The van der Waals surface area contributed by atoms with Crippen LogP contribution in [0.4, 0.5) is 5.69 Å². The number of para-hydroxylation sites is 1. The molecule has 0 bridgehead atoms. The van der Waals surface area contributed by atoms with Gasteiger partial charge >= 0.3 is 0 Å². The lowest BCUT2D eigenvalue weighted by Crippen LogP contribution is -2.37. The second-order valence-electron chi connectivity index (χ2n) is 6.56. The molecule has 0 aromatic heterocycles. The number of hydrogen-bond donors (Lipinski definition) is 2. The van der Waals surface area contributed by atoms with Crippen LogP contribution in [0.15, 0.2) is 70.6 Å². The Balaban J connectivity index is 1.39. The molecule has 3 N–H and O–H groups in total. The van der Waals surface area contributed by atoms with Gasteiger partial charge in [-0.25, -0.2) is 9.98 Å². The molecule has 0 spiro atoms. The number of rotatable bonds is 6. The predicted octanol–water partition coefficient (Wildman–Crippen LogP) is 3.15. The van der Waals surface area contributed by atoms with Crippen LogP contribution >= 0.6 is 0 Å². The zero-order valence-corrected chi connectivity index (χ0v) is 15.1. The van der Waals surface area contributed by atoms with E-state index in [0.29, 0.717) is 5.96 Å². The molecule has 2 aromatic carbocycles. The molecular formula is C21H27N5. The quantitative estimate of drug-likeness (QED) is 0.622. The molecule has 136 valence electrons. The van der Waals surface area contributed by atoms with Crippen molar-refractivity contribution in [2.75, 3.05) is 25.0 Å². The van der Waals surface area contributed by atoms with Crippen molar-refractivity contribution in [2.24, 2.45) is 15.7 Å². The fourth-order valence-electron chi connectivity index (χ4n) is 3.13. The third kappa shape index (κ3) is 6.01. The summed E-state index contributed by atoms with van der Waals surface area (Å²) in [4.78, 5) is 11.2. The number of anilines is 1. The van der Waals surface area contributed by atoms with Crippen molar-refractivity contribution in [2.45, 2.75) is 25.3 Å². The van der Waals surface area contributed by atoms with Gasteiger partial charge in [0.05, 0.1) is 12.4 Å². The maximum Gasteiger partial charge on any atom is 0.216 e. The normalized spacial score (nSPS) is 16.8. The number of aliphatic imine (C=N–C) groups is 2. The fourth-order valence-corrected chi connectivity index (χ4v) is 3.13. The topological polar surface area (TPSA) is 66.0 Å². The van der Waals surface area contributed by atoms with Gasteiger partial charge in [0.25, 0.3) is 0 Å². The van der Waals surface area contributed by atoms with E-state index >= 15 is 0 Å². The molecule has 0 unspecified atom stereocenters. The Morgan fingerprint density at radius 3 is 2.38 bits per heavy atom. The molecule has 0 radical (unpaired) electrons. The minimum absolute atomic E-state index is 0.275. The number of nitrogens with one attached hydrogen (secondary N) is 1. The molecule has 0 aliphatic carbocycles. The number of hydrogen-bond acceptors (Lipinski definition) is 2. The fraction of sp³-hybridized carbons (Fsp3) is 0.333. The van der Waals surface area contributed by atoms with Crippen molar-refractivity contribution < 1.29 is 0 Å². The monoisotopic (exact) mass is 349 g/mol. The first-order valence-electron chi connectivity index (χ1n) is 9.23. The van der Waals surface area contributed by atoms with Crippen LogP contribution in [0.5, 0.6) is 0 Å². The zero-order valence-electron chi connectivity index (χ0n) is 15.1. The van der Waals surface area contributed by atoms with Crippen molar-refractivity contribution in [3.63, 3.8) is 0 Å². The highest BCUT2D eigenvalue weighted by atomic mass is 15.1.